The number of methoxy groups -OCH3 is 1. The van der Waals surface area contributed by atoms with E-state index in [1.807, 2.05) is 0 Å². The van der Waals surface area contributed by atoms with E-state index < -0.39 is 5.82 Å². The summed E-state index contributed by atoms with van der Waals surface area (Å²) in [6, 6.07) is 2.79. The van der Waals surface area contributed by atoms with Crippen molar-refractivity contribution in [2.45, 2.75) is 6.92 Å². The minimum Gasteiger partial charge on any atom is -0.496 e. The third kappa shape index (κ3) is 2.06. The van der Waals surface area contributed by atoms with Gasteiger partial charge in [-0.05, 0) is 19.1 Å². The molecule has 2 nitrogen and oxygen atoms in total. The predicted octanol–water partition coefficient (Wildman–Crippen LogP) is 2.80. The molecule has 1 rings (SSSR count). The molecule has 0 bridgehead atoms. The van der Waals surface area contributed by atoms with E-state index in [2.05, 4.69) is 15.9 Å². The van der Waals surface area contributed by atoms with Crippen LogP contribution in [0, 0.1) is 5.82 Å². The maximum Gasteiger partial charge on any atom is 0.166 e. The van der Waals surface area contributed by atoms with Gasteiger partial charge in [0.2, 0.25) is 0 Å². The van der Waals surface area contributed by atoms with E-state index in [9.17, 15) is 9.18 Å². The van der Waals surface area contributed by atoms with Crippen molar-refractivity contribution in [1.29, 1.82) is 0 Å². The second kappa shape index (κ2) is 3.87. The molecular weight excluding hydrogens is 239 g/mol. The van der Waals surface area contributed by atoms with Gasteiger partial charge in [0.1, 0.15) is 11.6 Å². The molecule has 1 aromatic rings. The lowest BCUT2D eigenvalue weighted by atomic mass is 10.1. The Hall–Kier alpha value is -0.900. The van der Waals surface area contributed by atoms with Gasteiger partial charge in [0.25, 0.3) is 0 Å². The molecule has 0 aromatic heterocycles. The Morgan fingerprint density at radius 3 is 2.62 bits per heavy atom. The first-order valence-corrected chi connectivity index (χ1v) is 4.39. The minimum absolute atomic E-state index is 0.00861. The third-order valence-electron chi connectivity index (χ3n) is 1.59. The van der Waals surface area contributed by atoms with E-state index in [4.69, 9.17) is 4.74 Å². The van der Waals surface area contributed by atoms with E-state index >= 15 is 0 Å². The SMILES string of the molecule is COc1cc(Br)cc(F)c1C(C)=O. The van der Waals surface area contributed by atoms with Crippen LogP contribution in [0.3, 0.4) is 0 Å². The van der Waals surface area contributed by atoms with Gasteiger partial charge < -0.3 is 4.74 Å². The highest BCUT2D eigenvalue weighted by atomic mass is 79.9. The zero-order valence-electron chi connectivity index (χ0n) is 7.23. The van der Waals surface area contributed by atoms with Crippen LogP contribution >= 0.6 is 15.9 Å². The largest absolute Gasteiger partial charge is 0.496 e. The highest BCUT2D eigenvalue weighted by molar-refractivity contribution is 9.10. The molecule has 0 fully saturated rings. The summed E-state index contributed by atoms with van der Waals surface area (Å²) in [4.78, 5) is 11.0. The second-order valence-electron chi connectivity index (χ2n) is 2.52. The van der Waals surface area contributed by atoms with Crippen molar-refractivity contribution in [2.75, 3.05) is 7.11 Å². The molecule has 1 aromatic carbocycles. The Bertz CT molecular complexity index is 350. The zero-order chi connectivity index (χ0) is 10.0. The Morgan fingerprint density at radius 1 is 1.54 bits per heavy atom. The number of ketones is 1. The van der Waals surface area contributed by atoms with E-state index in [-0.39, 0.29) is 17.1 Å². The molecule has 0 aliphatic rings. The van der Waals surface area contributed by atoms with Gasteiger partial charge >= 0.3 is 0 Å². The first-order chi connectivity index (χ1) is 6.06. The fraction of sp³-hybridized carbons (Fsp3) is 0.222. The standard InChI is InChI=1S/C9H8BrFO2/c1-5(12)9-7(11)3-6(10)4-8(9)13-2/h3-4H,1-2H3. The second-order valence-corrected chi connectivity index (χ2v) is 3.44. The number of Topliss-reactive ketones (excluding diaryl/α,β-unsaturated/α-hetero) is 1. The number of carbonyl (C=O) groups excluding carboxylic acids is 1. The molecule has 0 radical (unpaired) electrons. The molecule has 13 heavy (non-hydrogen) atoms. The molecule has 0 spiro atoms. The van der Waals surface area contributed by atoms with Crippen LogP contribution < -0.4 is 4.74 Å². The molecule has 0 saturated carbocycles. The lowest BCUT2D eigenvalue weighted by Crippen LogP contribution is -2.01. The van der Waals surface area contributed by atoms with Gasteiger partial charge in [-0.25, -0.2) is 4.39 Å². The molecule has 0 N–H and O–H groups in total. The number of halogens is 2. The lowest BCUT2D eigenvalue weighted by molar-refractivity contribution is 0.101. The fourth-order valence-corrected chi connectivity index (χ4v) is 1.46. The summed E-state index contributed by atoms with van der Waals surface area (Å²) in [5.74, 6) is -0.667. The molecule has 0 heterocycles. The summed E-state index contributed by atoms with van der Waals surface area (Å²) in [5, 5.41) is 0. The summed E-state index contributed by atoms with van der Waals surface area (Å²) in [7, 11) is 1.40. The van der Waals surface area contributed by atoms with E-state index in [0.29, 0.717) is 4.47 Å². The maximum absolute atomic E-state index is 13.2. The molecule has 0 atom stereocenters. The summed E-state index contributed by atoms with van der Waals surface area (Å²) in [6.07, 6.45) is 0. The molecular formula is C9H8BrFO2. The van der Waals surface area contributed by atoms with E-state index in [1.54, 1.807) is 6.07 Å². The fourth-order valence-electron chi connectivity index (χ4n) is 1.05. The van der Waals surface area contributed by atoms with Crippen molar-refractivity contribution < 1.29 is 13.9 Å². The van der Waals surface area contributed by atoms with Gasteiger partial charge in [-0.3, -0.25) is 4.79 Å². The summed E-state index contributed by atoms with van der Waals surface area (Å²) >= 11 is 3.11. The van der Waals surface area contributed by atoms with Crippen molar-refractivity contribution in [3.05, 3.63) is 28.0 Å². The number of carbonyl (C=O) groups is 1. The topological polar surface area (TPSA) is 26.3 Å². The van der Waals surface area contributed by atoms with Crippen LogP contribution in [0.15, 0.2) is 16.6 Å². The quantitative estimate of drug-likeness (QED) is 0.751. The molecule has 4 heteroatoms. The Kier molecular flexibility index (Phi) is 3.03. The average Bonchev–Trinajstić information content (AvgIpc) is 2.01. The third-order valence-corrected chi connectivity index (χ3v) is 2.05. The molecule has 0 amide bonds. The number of hydrogen-bond acceptors (Lipinski definition) is 2. The van der Waals surface area contributed by atoms with E-state index in [1.165, 1.54) is 20.1 Å². The lowest BCUT2D eigenvalue weighted by Gasteiger charge is -2.06. The summed E-state index contributed by atoms with van der Waals surface area (Å²) in [5.41, 5.74) is -0.00861. The van der Waals surface area contributed by atoms with Crippen LogP contribution in [0.25, 0.3) is 0 Å². The zero-order valence-corrected chi connectivity index (χ0v) is 8.81. The molecule has 70 valence electrons. The predicted molar refractivity (Wildman–Crippen MR) is 50.7 cm³/mol. The number of benzene rings is 1. The Labute approximate surface area is 83.8 Å². The van der Waals surface area contributed by atoms with Gasteiger partial charge in [0, 0.05) is 4.47 Å². The first kappa shape index (κ1) is 10.2. The smallest absolute Gasteiger partial charge is 0.166 e. The summed E-state index contributed by atoms with van der Waals surface area (Å²) < 4.78 is 18.6. The van der Waals surface area contributed by atoms with Crippen molar-refractivity contribution in [1.82, 2.24) is 0 Å². The summed E-state index contributed by atoms with van der Waals surface area (Å²) in [6.45, 7) is 1.30. The minimum atomic E-state index is -0.571. The van der Waals surface area contributed by atoms with Crippen LogP contribution in [0.4, 0.5) is 4.39 Å². The molecule has 0 unspecified atom stereocenters. The van der Waals surface area contributed by atoms with Crippen LogP contribution in [0.5, 0.6) is 5.75 Å². The number of rotatable bonds is 2. The van der Waals surface area contributed by atoms with Gasteiger partial charge in [0.15, 0.2) is 5.78 Å². The van der Waals surface area contributed by atoms with Crippen molar-refractivity contribution in [3.63, 3.8) is 0 Å². The van der Waals surface area contributed by atoms with Crippen LogP contribution in [0.1, 0.15) is 17.3 Å². The average molecular weight is 247 g/mol. The normalized spacial score (nSPS) is 9.85. The maximum atomic E-state index is 13.2. The van der Waals surface area contributed by atoms with Gasteiger partial charge in [-0.1, -0.05) is 15.9 Å². The van der Waals surface area contributed by atoms with Crippen LogP contribution in [0.2, 0.25) is 0 Å². The van der Waals surface area contributed by atoms with Gasteiger partial charge in [-0.15, -0.1) is 0 Å². The van der Waals surface area contributed by atoms with E-state index in [0.717, 1.165) is 0 Å². The molecule has 0 aliphatic heterocycles. The van der Waals surface area contributed by atoms with Gasteiger partial charge in [0.05, 0.1) is 12.7 Å². The first-order valence-electron chi connectivity index (χ1n) is 3.60. The van der Waals surface area contributed by atoms with Crippen LogP contribution in [-0.4, -0.2) is 12.9 Å². The highest BCUT2D eigenvalue weighted by Crippen LogP contribution is 2.26. The molecule has 0 saturated heterocycles. The monoisotopic (exact) mass is 246 g/mol. The number of ether oxygens (including phenoxy) is 1. The highest BCUT2D eigenvalue weighted by Gasteiger charge is 2.14. The Morgan fingerprint density at radius 2 is 2.15 bits per heavy atom. The Balaban J connectivity index is 3.38. The van der Waals surface area contributed by atoms with Crippen molar-refractivity contribution >= 4 is 21.7 Å². The molecule has 0 aliphatic carbocycles. The van der Waals surface area contributed by atoms with Crippen molar-refractivity contribution in [3.8, 4) is 5.75 Å². The van der Waals surface area contributed by atoms with Crippen molar-refractivity contribution in [2.24, 2.45) is 0 Å². The van der Waals surface area contributed by atoms with Crippen LogP contribution in [-0.2, 0) is 0 Å². The number of hydrogen-bond donors (Lipinski definition) is 0. The van der Waals surface area contributed by atoms with Gasteiger partial charge in [-0.2, -0.15) is 0 Å².